The van der Waals surface area contributed by atoms with Gasteiger partial charge in [-0.1, -0.05) is 0 Å². The second kappa shape index (κ2) is 8.11. The molecule has 1 fully saturated rings. The summed E-state index contributed by atoms with van der Waals surface area (Å²) in [4.78, 5) is 22.4. The lowest BCUT2D eigenvalue weighted by Gasteiger charge is -2.30. The van der Waals surface area contributed by atoms with Gasteiger partial charge in [-0.05, 0) is 18.2 Å². The molecular weight excluding hydrogens is 415 g/mol. The summed E-state index contributed by atoms with van der Waals surface area (Å²) >= 11 is 0. The lowest BCUT2D eigenvalue weighted by Crippen LogP contribution is -2.45. The number of hydrogen-bond acceptors (Lipinski definition) is 7. The van der Waals surface area contributed by atoms with Gasteiger partial charge < -0.3 is 15.1 Å². The highest BCUT2D eigenvalue weighted by atomic mass is 19.4. The largest absolute Gasteiger partial charge is 0.493 e. The van der Waals surface area contributed by atoms with E-state index >= 15 is 0 Å². The Labute approximate surface area is 174 Å². The van der Waals surface area contributed by atoms with Crippen LogP contribution in [0.2, 0.25) is 0 Å². The molecular formula is C19H16F3N7O2. The number of halogens is 3. The molecule has 1 aliphatic rings. The molecule has 3 aromatic rings. The van der Waals surface area contributed by atoms with Crippen LogP contribution in [0.5, 0.6) is 0 Å². The summed E-state index contributed by atoms with van der Waals surface area (Å²) in [6.45, 7) is 1.99. The van der Waals surface area contributed by atoms with Crippen molar-refractivity contribution in [1.29, 1.82) is 5.26 Å². The zero-order valence-corrected chi connectivity index (χ0v) is 16.0. The molecule has 4 heterocycles. The number of aromatic amines is 1. The fourth-order valence-corrected chi connectivity index (χ4v) is 3.31. The Hall–Kier alpha value is -3.85. The topological polar surface area (TPSA) is 112 Å². The number of H-pyrrole nitrogens is 1. The summed E-state index contributed by atoms with van der Waals surface area (Å²) in [7, 11) is 0. The lowest BCUT2D eigenvalue weighted by atomic mass is 10.1. The number of carbonyl (C=O) groups excluding carboxylic acids is 1. The molecule has 31 heavy (non-hydrogen) atoms. The molecule has 0 atom stereocenters. The van der Waals surface area contributed by atoms with Gasteiger partial charge >= 0.3 is 12.1 Å². The standard InChI is InChI=1S/C19H16F3N7O2/c20-19(21,22)18(30)31-29-16(8-13(9-23)17(29)28-5-3-24-4-6-28)12-1-2-25-15(7-12)14-10-26-27-11-14/h1-2,7-8,10-11,24H,3-6H2,(H,26,27). The number of anilines is 1. The molecule has 0 unspecified atom stereocenters. The summed E-state index contributed by atoms with van der Waals surface area (Å²) in [5.74, 6) is -2.28. The van der Waals surface area contributed by atoms with Crippen molar-refractivity contribution in [2.75, 3.05) is 31.1 Å². The van der Waals surface area contributed by atoms with Gasteiger partial charge in [-0.15, -0.1) is 0 Å². The van der Waals surface area contributed by atoms with Crippen LogP contribution in [0.3, 0.4) is 0 Å². The number of alkyl halides is 3. The van der Waals surface area contributed by atoms with E-state index in [-0.39, 0.29) is 17.1 Å². The molecule has 1 aliphatic heterocycles. The Balaban J connectivity index is 1.85. The van der Waals surface area contributed by atoms with Gasteiger partial charge in [-0.3, -0.25) is 10.1 Å². The molecule has 3 aromatic heterocycles. The fraction of sp³-hybridized carbons (Fsp3) is 0.263. The zero-order valence-electron chi connectivity index (χ0n) is 16.0. The summed E-state index contributed by atoms with van der Waals surface area (Å²) < 4.78 is 39.7. The first-order valence-electron chi connectivity index (χ1n) is 9.25. The minimum atomic E-state index is -5.20. The Bertz CT molecular complexity index is 1130. The fourth-order valence-electron chi connectivity index (χ4n) is 3.31. The van der Waals surface area contributed by atoms with Crippen LogP contribution in [0, 0.1) is 11.3 Å². The quantitative estimate of drug-likeness (QED) is 0.647. The average molecular weight is 431 g/mol. The van der Waals surface area contributed by atoms with Crippen LogP contribution in [0.15, 0.2) is 36.8 Å². The molecule has 0 radical (unpaired) electrons. The van der Waals surface area contributed by atoms with Crippen molar-refractivity contribution in [3.05, 3.63) is 42.4 Å². The summed E-state index contributed by atoms with van der Waals surface area (Å²) in [6.07, 6.45) is -0.574. The Morgan fingerprint density at radius 3 is 2.65 bits per heavy atom. The first kappa shape index (κ1) is 20.4. The lowest BCUT2D eigenvalue weighted by molar-refractivity contribution is -0.199. The van der Waals surface area contributed by atoms with E-state index in [0.717, 1.165) is 4.73 Å². The van der Waals surface area contributed by atoms with Crippen molar-refractivity contribution in [2.45, 2.75) is 6.18 Å². The maximum absolute atomic E-state index is 13.0. The number of nitrogens with one attached hydrogen (secondary N) is 2. The van der Waals surface area contributed by atoms with Gasteiger partial charge in [0.05, 0.1) is 23.1 Å². The van der Waals surface area contributed by atoms with E-state index in [1.54, 1.807) is 29.4 Å². The zero-order chi connectivity index (χ0) is 22.0. The van der Waals surface area contributed by atoms with Crippen LogP contribution in [0.1, 0.15) is 5.56 Å². The smallest absolute Gasteiger partial charge is 0.352 e. The highest BCUT2D eigenvalue weighted by Gasteiger charge is 2.43. The van der Waals surface area contributed by atoms with Gasteiger partial charge in [0, 0.05) is 49.7 Å². The van der Waals surface area contributed by atoms with E-state index < -0.39 is 12.1 Å². The number of nitriles is 1. The van der Waals surface area contributed by atoms with E-state index in [1.165, 1.54) is 12.3 Å². The van der Waals surface area contributed by atoms with Crippen molar-refractivity contribution < 1.29 is 22.8 Å². The van der Waals surface area contributed by atoms with Crippen LogP contribution in [-0.2, 0) is 4.79 Å². The molecule has 1 saturated heterocycles. The minimum absolute atomic E-state index is 0.0912. The summed E-state index contributed by atoms with van der Waals surface area (Å²) in [5, 5.41) is 19.3. The van der Waals surface area contributed by atoms with Crippen LogP contribution in [0.4, 0.5) is 19.0 Å². The molecule has 0 aliphatic carbocycles. The molecule has 0 bridgehead atoms. The van der Waals surface area contributed by atoms with Crippen molar-refractivity contribution in [3.63, 3.8) is 0 Å². The number of carbonyl (C=O) groups is 1. The van der Waals surface area contributed by atoms with Crippen LogP contribution < -0.4 is 15.1 Å². The predicted octanol–water partition coefficient (Wildman–Crippen LogP) is 1.74. The highest BCUT2D eigenvalue weighted by Crippen LogP contribution is 2.33. The molecule has 0 spiro atoms. The van der Waals surface area contributed by atoms with E-state index in [1.807, 2.05) is 6.07 Å². The normalized spacial score (nSPS) is 14.3. The second-order valence-electron chi connectivity index (χ2n) is 6.70. The van der Waals surface area contributed by atoms with Crippen LogP contribution in [0.25, 0.3) is 22.5 Å². The summed E-state index contributed by atoms with van der Waals surface area (Å²) in [6, 6.07) is 6.56. The van der Waals surface area contributed by atoms with Gasteiger partial charge in [0.25, 0.3) is 0 Å². The van der Waals surface area contributed by atoms with E-state index in [9.17, 15) is 23.2 Å². The molecule has 4 rings (SSSR count). The van der Waals surface area contributed by atoms with Gasteiger partial charge in [0.2, 0.25) is 0 Å². The van der Waals surface area contributed by atoms with Gasteiger partial charge in [0.1, 0.15) is 6.07 Å². The Kier molecular flexibility index (Phi) is 5.35. The predicted molar refractivity (Wildman–Crippen MR) is 103 cm³/mol. The van der Waals surface area contributed by atoms with Crippen molar-refractivity contribution >= 4 is 11.8 Å². The number of aromatic nitrogens is 4. The Morgan fingerprint density at radius 2 is 2.00 bits per heavy atom. The molecule has 160 valence electrons. The molecule has 0 aromatic carbocycles. The molecule has 2 N–H and O–H groups in total. The molecule has 0 saturated carbocycles. The summed E-state index contributed by atoms with van der Waals surface area (Å²) in [5.41, 5.74) is 1.79. The monoisotopic (exact) mass is 431 g/mol. The number of piperazine rings is 1. The number of pyridine rings is 1. The molecule has 12 heteroatoms. The third-order valence-electron chi connectivity index (χ3n) is 4.73. The number of rotatable bonds is 4. The molecule has 0 amide bonds. The van der Waals surface area contributed by atoms with E-state index in [0.29, 0.717) is 43.0 Å². The maximum Gasteiger partial charge on any atom is 0.493 e. The van der Waals surface area contributed by atoms with Crippen molar-refractivity contribution in [3.8, 4) is 28.6 Å². The number of nitrogens with zero attached hydrogens (tertiary/aromatic N) is 5. The van der Waals surface area contributed by atoms with Gasteiger partial charge in [-0.25, -0.2) is 4.79 Å². The Morgan fingerprint density at radius 1 is 1.23 bits per heavy atom. The first-order valence-corrected chi connectivity index (χ1v) is 9.25. The van der Waals surface area contributed by atoms with E-state index in [2.05, 4.69) is 20.5 Å². The third-order valence-corrected chi connectivity index (χ3v) is 4.73. The maximum atomic E-state index is 13.0. The van der Waals surface area contributed by atoms with Crippen LogP contribution in [-0.4, -0.2) is 58.2 Å². The van der Waals surface area contributed by atoms with Crippen molar-refractivity contribution in [1.82, 2.24) is 25.2 Å². The van der Waals surface area contributed by atoms with Crippen LogP contribution >= 0.6 is 0 Å². The van der Waals surface area contributed by atoms with E-state index in [4.69, 9.17) is 4.84 Å². The second-order valence-corrected chi connectivity index (χ2v) is 6.70. The third kappa shape index (κ3) is 4.08. The first-order chi connectivity index (χ1) is 14.9. The average Bonchev–Trinajstić information content (AvgIpc) is 3.42. The number of hydrogen-bond donors (Lipinski definition) is 2. The SMILES string of the molecule is N#Cc1cc(-c2ccnc(-c3cn[nH]c3)c2)n(OC(=O)C(F)(F)F)c1N1CCNCC1. The van der Waals surface area contributed by atoms with Crippen molar-refractivity contribution in [2.24, 2.45) is 0 Å². The molecule has 9 nitrogen and oxygen atoms in total. The van der Waals surface area contributed by atoms with Gasteiger partial charge in [0.15, 0.2) is 5.82 Å². The highest BCUT2D eigenvalue weighted by molar-refractivity contribution is 5.79. The van der Waals surface area contributed by atoms with Gasteiger partial charge in [-0.2, -0.15) is 28.3 Å². The minimum Gasteiger partial charge on any atom is -0.352 e.